The predicted octanol–water partition coefficient (Wildman–Crippen LogP) is 2.21. The van der Waals surface area contributed by atoms with E-state index < -0.39 is 0 Å². The number of hydrogen-bond acceptors (Lipinski definition) is 4. The zero-order chi connectivity index (χ0) is 12.8. The molecule has 92 valence electrons. The molecule has 1 aromatic heterocycles. The summed E-state index contributed by atoms with van der Waals surface area (Å²) < 4.78 is 0.749. The number of rotatable bonds is 5. The molecule has 1 heterocycles. The number of carbonyl (C=O) groups is 1. The van der Waals surface area contributed by atoms with Crippen LogP contribution in [0.4, 0.5) is 0 Å². The largest absolute Gasteiger partial charge is 0.351 e. The van der Waals surface area contributed by atoms with E-state index in [0.29, 0.717) is 17.5 Å². The lowest BCUT2D eigenvalue weighted by Crippen LogP contribution is -2.26. The second-order valence-electron chi connectivity index (χ2n) is 3.52. The van der Waals surface area contributed by atoms with Gasteiger partial charge in [-0.05, 0) is 19.9 Å². The summed E-state index contributed by atoms with van der Waals surface area (Å²) in [5.74, 6) is 0.252. The van der Waals surface area contributed by atoms with Crippen LogP contribution in [0.3, 0.4) is 0 Å². The van der Waals surface area contributed by atoms with Crippen molar-refractivity contribution in [1.82, 2.24) is 15.3 Å². The standard InChI is InChI=1S/C11H14BrN3OS/c1-7(12)5-13-10(16)6-17-11-14-8(2)4-9(3)15-11/h4H,1,5-6H2,2-3H3,(H,13,16). The molecular weight excluding hydrogens is 302 g/mol. The number of aryl methyl sites for hydroxylation is 2. The molecule has 1 rings (SSSR count). The van der Waals surface area contributed by atoms with Crippen LogP contribution in [0.5, 0.6) is 0 Å². The number of amides is 1. The molecule has 0 fully saturated rings. The lowest BCUT2D eigenvalue weighted by molar-refractivity contribution is -0.118. The molecule has 0 atom stereocenters. The summed E-state index contributed by atoms with van der Waals surface area (Å²) in [4.78, 5) is 19.9. The Labute approximate surface area is 113 Å². The third kappa shape index (κ3) is 5.83. The number of thioether (sulfide) groups is 1. The number of hydrogen-bond donors (Lipinski definition) is 1. The predicted molar refractivity (Wildman–Crippen MR) is 73.3 cm³/mol. The molecule has 0 aliphatic rings. The van der Waals surface area contributed by atoms with Gasteiger partial charge in [0.15, 0.2) is 5.16 Å². The lowest BCUT2D eigenvalue weighted by atomic mass is 10.4. The van der Waals surface area contributed by atoms with E-state index in [1.807, 2.05) is 19.9 Å². The van der Waals surface area contributed by atoms with Gasteiger partial charge in [0.1, 0.15) is 0 Å². The average molecular weight is 316 g/mol. The molecule has 0 aliphatic carbocycles. The maximum Gasteiger partial charge on any atom is 0.230 e. The highest BCUT2D eigenvalue weighted by molar-refractivity contribution is 9.11. The maximum atomic E-state index is 11.4. The van der Waals surface area contributed by atoms with Gasteiger partial charge in [-0.1, -0.05) is 34.3 Å². The Hall–Kier alpha value is -0.880. The zero-order valence-electron chi connectivity index (χ0n) is 9.79. The molecule has 0 saturated carbocycles. The van der Waals surface area contributed by atoms with Gasteiger partial charge in [-0.2, -0.15) is 0 Å². The zero-order valence-corrected chi connectivity index (χ0v) is 12.2. The van der Waals surface area contributed by atoms with Gasteiger partial charge in [-0.25, -0.2) is 9.97 Å². The Morgan fingerprint density at radius 3 is 2.59 bits per heavy atom. The molecule has 1 N–H and O–H groups in total. The van der Waals surface area contributed by atoms with Gasteiger partial charge in [0.05, 0.1) is 5.75 Å². The minimum atomic E-state index is -0.0571. The minimum absolute atomic E-state index is 0.0571. The van der Waals surface area contributed by atoms with E-state index in [1.165, 1.54) is 11.8 Å². The topological polar surface area (TPSA) is 54.9 Å². The highest BCUT2D eigenvalue weighted by atomic mass is 79.9. The van der Waals surface area contributed by atoms with E-state index in [2.05, 4.69) is 37.8 Å². The molecule has 0 unspecified atom stereocenters. The second-order valence-corrected chi connectivity index (χ2v) is 5.58. The molecule has 6 heteroatoms. The summed E-state index contributed by atoms with van der Waals surface area (Å²) in [5, 5.41) is 3.35. The van der Waals surface area contributed by atoms with Gasteiger partial charge in [-0.15, -0.1) is 0 Å². The van der Waals surface area contributed by atoms with Crippen LogP contribution in [0.25, 0.3) is 0 Å². The first-order valence-corrected chi connectivity index (χ1v) is 6.80. The van der Waals surface area contributed by atoms with E-state index in [0.717, 1.165) is 15.9 Å². The van der Waals surface area contributed by atoms with Gasteiger partial charge in [0, 0.05) is 22.4 Å². The van der Waals surface area contributed by atoms with Crippen LogP contribution in [0.2, 0.25) is 0 Å². The molecule has 1 aromatic rings. The van der Waals surface area contributed by atoms with Gasteiger partial charge in [0.2, 0.25) is 5.91 Å². The summed E-state index contributed by atoms with van der Waals surface area (Å²) in [7, 11) is 0. The Morgan fingerprint density at radius 1 is 1.47 bits per heavy atom. The molecule has 0 aromatic carbocycles. The maximum absolute atomic E-state index is 11.4. The van der Waals surface area contributed by atoms with Crippen molar-refractivity contribution in [2.45, 2.75) is 19.0 Å². The van der Waals surface area contributed by atoms with Crippen LogP contribution in [-0.4, -0.2) is 28.2 Å². The number of aromatic nitrogens is 2. The van der Waals surface area contributed by atoms with Crippen molar-refractivity contribution in [2.75, 3.05) is 12.3 Å². The van der Waals surface area contributed by atoms with E-state index in [1.54, 1.807) is 0 Å². The van der Waals surface area contributed by atoms with E-state index in [-0.39, 0.29) is 5.91 Å². The SMILES string of the molecule is C=C(Br)CNC(=O)CSc1nc(C)cc(C)n1. The Balaban J connectivity index is 2.44. The molecule has 0 saturated heterocycles. The molecule has 4 nitrogen and oxygen atoms in total. The van der Waals surface area contributed by atoms with Crippen LogP contribution in [0, 0.1) is 13.8 Å². The van der Waals surface area contributed by atoms with Crippen molar-refractivity contribution in [3.8, 4) is 0 Å². The van der Waals surface area contributed by atoms with Crippen molar-refractivity contribution in [2.24, 2.45) is 0 Å². The molecule has 0 spiro atoms. The summed E-state index contributed by atoms with van der Waals surface area (Å²) in [5.41, 5.74) is 1.82. The summed E-state index contributed by atoms with van der Waals surface area (Å²) >= 11 is 4.51. The highest BCUT2D eigenvalue weighted by Crippen LogP contribution is 2.13. The van der Waals surface area contributed by atoms with Crippen molar-refractivity contribution in [1.29, 1.82) is 0 Å². The number of halogens is 1. The summed E-state index contributed by atoms with van der Waals surface area (Å²) in [6.45, 7) is 7.90. The Bertz CT molecular complexity index is 416. The fourth-order valence-corrected chi connectivity index (χ4v) is 2.05. The highest BCUT2D eigenvalue weighted by Gasteiger charge is 2.05. The van der Waals surface area contributed by atoms with Gasteiger partial charge >= 0.3 is 0 Å². The average Bonchev–Trinajstić information content (AvgIpc) is 2.22. The molecule has 0 aliphatic heterocycles. The molecule has 1 amide bonds. The van der Waals surface area contributed by atoms with Gasteiger partial charge in [-0.3, -0.25) is 4.79 Å². The van der Waals surface area contributed by atoms with E-state index in [4.69, 9.17) is 0 Å². The van der Waals surface area contributed by atoms with Gasteiger partial charge in [0.25, 0.3) is 0 Å². The molecule has 0 radical (unpaired) electrons. The van der Waals surface area contributed by atoms with Gasteiger partial charge < -0.3 is 5.32 Å². The number of carbonyl (C=O) groups excluding carboxylic acids is 1. The quantitative estimate of drug-likeness (QED) is 0.668. The monoisotopic (exact) mass is 315 g/mol. The molecule has 0 bridgehead atoms. The fraction of sp³-hybridized carbons (Fsp3) is 0.364. The normalized spacial score (nSPS) is 10.1. The summed E-state index contributed by atoms with van der Waals surface area (Å²) in [6, 6.07) is 1.90. The van der Waals surface area contributed by atoms with Crippen LogP contribution >= 0.6 is 27.7 Å². The minimum Gasteiger partial charge on any atom is -0.351 e. The van der Waals surface area contributed by atoms with Crippen molar-refractivity contribution < 1.29 is 4.79 Å². The number of nitrogens with zero attached hydrogens (tertiary/aromatic N) is 2. The van der Waals surface area contributed by atoms with Crippen molar-refractivity contribution in [3.05, 3.63) is 28.5 Å². The number of nitrogens with one attached hydrogen (secondary N) is 1. The first-order chi connectivity index (χ1) is 7.97. The lowest BCUT2D eigenvalue weighted by Gasteiger charge is -2.04. The van der Waals surface area contributed by atoms with Crippen LogP contribution in [-0.2, 0) is 4.79 Å². The van der Waals surface area contributed by atoms with E-state index in [9.17, 15) is 4.79 Å². The Kier molecular flexibility index (Phi) is 5.64. The Morgan fingerprint density at radius 2 is 2.06 bits per heavy atom. The summed E-state index contributed by atoms with van der Waals surface area (Å²) in [6.07, 6.45) is 0. The first-order valence-electron chi connectivity index (χ1n) is 5.02. The van der Waals surface area contributed by atoms with Crippen LogP contribution < -0.4 is 5.32 Å². The second kappa shape index (κ2) is 6.76. The molecule has 17 heavy (non-hydrogen) atoms. The van der Waals surface area contributed by atoms with Crippen molar-refractivity contribution in [3.63, 3.8) is 0 Å². The first kappa shape index (κ1) is 14.2. The smallest absolute Gasteiger partial charge is 0.230 e. The third-order valence-electron chi connectivity index (χ3n) is 1.77. The van der Waals surface area contributed by atoms with E-state index >= 15 is 0 Å². The van der Waals surface area contributed by atoms with Crippen molar-refractivity contribution >= 4 is 33.6 Å². The van der Waals surface area contributed by atoms with Crippen LogP contribution in [0.15, 0.2) is 22.3 Å². The third-order valence-corrected chi connectivity index (χ3v) is 2.90. The van der Waals surface area contributed by atoms with Crippen LogP contribution in [0.1, 0.15) is 11.4 Å². The molecular formula is C11H14BrN3OS. The fourth-order valence-electron chi connectivity index (χ4n) is 1.13.